The zero-order valence-corrected chi connectivity index (χ0v) is 14.2. The molecule has 1 aromatic rings. The summed E-state index contributed by atoms with van der Waals surface area (Å²) in [6.07, 6.45) is 1.32. The highest BCUT2D eigenvalue weighted by Crippen LogP contribution is 2.16. The first-order valence-electron chi connectivity index (χ1n) is 7.27. The molecular formula is C15H21ClN2O3S. The van der Waals surface area contributed by atoms with Crippen molar-refractivity contribution in [3.63, 3.8) is 0 Å². The van der Waals surface area contributed by atoms with Gasteiger partial charge in [-0.15, -0.1) is 0 Å². The van der Waals surface area contributed by atoms with Crippen molar-refractivity contribution in [3.05, 3.63) is 34.9 Å². The number of rotatable bonds is 6. The van der Waals surface area contributed by atoms with E-state index in [9.17, 15) is 13.2 Å². The van der Waals surface area contributed by atoms with Crippen LogP contribution in [0, 0.1) is 0 Å². The number of nitrogens with zero attached hydrogens (tertiary/aromatic N) is 1. The van der Waals surface area contributed by atoms with Crippen LogP contribution in [-0.2, 0) is 21.1 Å². The Morgan fingerprint density at radius 1 is 1.45 bits per heavy atom. The molecule has 0 aromatic heterocycles. The monoisotopic (exact) mass is 344 g/mol. The van der Waals surface area contributed by atoms with Gasteiger partial charge in [0.1, 0.15) is 0 Å². The van der Waals surface area contributed by atoms with E-state index < -0.39 is 9.84 Å². The number of hydrogen-bond acceptors (Lipinski definition) is 4. The minimum atomic E-state index is -2.92. The minimum absolute atomic E-state index is 0.0521. The third kappa shape index (κ3) is 5.26. The van der Waals surface area contributed by atoms with Gasteiger partial charge in [-0.3, -0.25) is 9.69 Å². The number of nitrogens with one attached hydrogen (secondary N) is 1. The van der Waals surface area contributed by atoms with Crippen molar-refractivity contribution in [2.24, 2.45) is 0 Å². The van der Waals surface area contributed by atoms with Gasteiger partial charge in [0, 0.05) is 17.6 Å². The molecule has 1 heterocycles. The number of halogens is 1. The van der Waals surface area contributed by atoms with E-state index in [-0.39, 0.29) is 30.0 Å². The van der Waals surface area contributed by atoms with Gasteiger partial charge in [-0.1, -0.05) is 23.7 Å². The summed E-state index contributed by atoms with van der Waals surface area (Å²) in [5, 5.41) is 3.54. The summed E-state index contributed by atoms with van der Waals surface area (Å²) < 4.78 is 22.9. The van der Waals surface area contributed by atoms with E-state index in [1.807, 2.05) is 29.2 Å². The number of amides is 1. The summed E-state index contributed by atoms with van der Waals surface area (Å²) in [4.78, 5) is 13.7. The van der Waals surface area contributed by atoms with Crippen molar-refractivity contribution in [1.82, 2.24) is 10.2 Å². The molecule has 0 bridgehead atoms. The Bertz CT molecular complexity index is 633. The van der Waals surface area contributed by atoms with E-state index in [2.05, 4.69) is 5.32 Å². The highest BCUT2D eigenvalue weighted by Gasteiger charge is 2.31. The molecule has 1 atom stereocenters. The highest BCUT2D eigenvalue weighted by atomic mass is 35.5. The van der Waals surface area contributed by atoms with E-state index in [0.717, 1.165) is 5.56 Å². The van der Waals surface area contributed by atoms with Gasteiger partial charge in [-0.2, -0.15) is 0 Å². The summed E-state index contributed by atoms with van der Waals surface area (Å²) in [5.74, 6) is 0.284. The van der Waals surface area contributed by atoms with E-state index in [1.165, 1.54) is 0 Å². The average molecular weight is 345 g/mol. The van der Waals surface area contributed by atoms with Crippen LogP contribution in [0.25, 0.3) is 0 Å². The highest BCUT2D eigenvalue weighted by molar-refractivity contribution is 7.91. The molecule has 0 saturated carbocycles. The summed E-state index contributed by atoms with van der Waals surface area (Å²) >= 11 is 5.91. The predicted octanol–water partition coefficient (Wildman–Crippen LogP) is 1.12. The van der Waals surface area contributed by atoms with Crippen molar-refractivity contribution in [1.29, 1.82) is 0 Å². The largest absolute Gasteiger partial charge is 0.355 e. The molecule has 7 heteroatoms. The molecule has 22 heavy (non-hydrogen) atoms. The van der Waals surface area contributed by atoms with Crippen LogP contribution >= 0.6 is 11.6 Å². The summed E-state index contributed by atoms with van der Waals surface area (Å²) in [6, 6.07) is 7.49. The zero-order chi connectivity index (χ0) is 16.2. The Balaban J connectivity index is 1.72. The van der Waals surface area contributed by atoms with Gasteiger partial charge in [0.2, 0.25) is 5.91 Å². The second kappa shape index (κ2) is 7.44. The van der Waals surface area contributed by atoms with Crippen molar-refractivity contribution in [2.75, 3.05) is 31.6 Å². The van der Waals surface area contributed by atoms with Gasteiger partial charge in [-0.25, -0.2) is 8.42 Å². The molecule has 0 radical (unpaired) electrons. The summed E-state index contributed by atoms with van der Waals surface area (Å²) in [7, 11) is -1.13. The predicted molar refractivity (Wildman–Crippen MR) is 87.9 cm³/mol. The van der Waals surface area contributed by atoms with Gasteiger partial charge in [0.05, 0.1) is 18.1 Å². The van der Waals surface area contributed by atoms with Crippen LogP contribution in [0.2, 0.25) is 5.02 Å². The first-order valence-corrected chi connectivity index (χ1v) is 9.47. The van der Waals surface area contributed by atoms with E-state index >= 15 is 0 Å². The average Bonchev–Trinajstić information content (AvgIpc) is 2.79. The Morgan fingerprint density at radius 2 is 2.23 bits per heavy atom. The fraction of sp³-hybridized carbons (Fsp3) is 0.533. The number of likely N-dealkylation sites (N-methyl/N-ethyl adjacent to an activating group) is 1. The Morgan fingerprint density at radius 3 is 2.86 bits per heavy atom. The summed E-state index contributed by atoms with van der Waals surface area (Å²) in [5.41, 5.74) is 1.07. The smallest absolute Gasteiger partial charge is 0.234 e. The SMILES string of the molecule is CN(CC(=O)NCCc1cccc(Cl)c1)C1CCS(=O)(=O)C1. The molecule has 1 saturated heterocycles. The molecular weight excluding hydrogens is 324 g/mol. The third-order valence-corrected chi connectivity index (χ3v) is 5.84. The summed E-state index contributed by atoms with van der Waals surface area (Å²) in [6.45, 7) is 0.756. The molecule has 1 aromatic carbocycles. The first kappa shape index (κ1) is 17.2. The molecule has 1 amide bonds. The Labute approximate surface area is 136 Å². The lowest BCUT2D eigenvalue weighted by Crippen LogP contribution is -2.41. The molecule has 122 valence electrons. The van der Waals surface area contributed by atoms with Gasteiger partial charge < -0.3 is 5.32 Å². The Hall–Kier alpha value is -1.11. The lowest BCUT2D eigenvalue weighted by Gasteiger charge is -2.22. The van der Waals surface area contributed by atoms with Crippen LogP contribution in [0.5, 0.6) is 0 Å². The third-order valence-electron chi connectivity index (χ3n) is 3.85. The van der Waals surface area contributed by atoms with E-state index in [4.69, 9.17) is 11.6 Å². The maximum atomic E-state index is 11.9. The molecule has 1 aliphatic rings. The number of carbonyl (C=O) groups is 1. The molecule has 1 N–H and O–H groups in total. The first-order chi connectivity index (χ1) is 10.4. The maximum absolute atomic E-state index is 11.9. The quantitative estimate of drug-likeness (QED) is 0.839. The normalized spacial score (nSPS) is 20.2. The molecule has 5 nitrogen and oxygen atoms in total. The second-order valence-corrected chi connectivity index (χ2v) is 8.37. The molecule has 1 unspecified atom stereocenters. The number of carbonyl (C=O) groups excluding carboxylic acids is 1. The van der Waals surface area contributed by atoms with Crippen molar-refractivity contribution >= 4 is 27.3 Å². The van der Waals surface area contributed by atoms with Gasteiger partial charge in [0.25, 0.3) is 0 Å². The lowest BCUT2D eigenvalue weighted by molar-refractivity contribution is -0.122. The number of hydrogen-bond donors (Lipinski definition) is 1. The molecule has 2 rings (SSSR count). The molecule has 1 fully saturated rings. The maximum Gasteiger partial charge on any atom is 0.234 e. The van der Waals surface area contributed by atoms with Gasteiger partial charge in [-0.05, 0) is 37.6 Å². The molecule has 1 aliphatic heterocycles. The Kier molecular flexibility index (Phi) is 5.83. The lowest BCUT2D eigenvalue weighted by atomic mass is 10.1. The van der Waals surface area contributed by atoms with Crippen LogP contribution in [0.3, 0.4) is 0 Å². The number of benzene rings is 1. The number of sulfone groups is 1. The van der Waals surface area contributed by atoms with Gasteiger partial charge in [0.15, 0.2) is 9.84 Å². The molecule has 0 aliphatic carbocycles. The van der Waals surface area contributed by atoms with Crippen molar-refractivity contribution in [2.45, 2.75) is 18.9 Å². The van der Waals surface area contributed by atoms with E-state index in [1.54, 1.807) is 7.05 Å². The van der Waals surface area contributed by atoms with Gasteiger partial charge >= 0.3 is 0 Å². The van der Waals surface area contributed by atoms with Crippen LogP contribution in [0.4, 0.5) is 0 Å². The van der Waals surface area contributed by atoms with E-state index in [0.29, 0.717) is 24.4 Å². The minimum Gasteiger partial charge on any atom is -0.355 e. The van der Waals surface area contributed by atoms with Crippen molar-refractivity contribution in [3.8, 4) is 0 Å². The van der Waals surface area contributed by atoms with Crippen molar-refractivity contribution < 1.29 is 13.2 Å². The van der Waals surface area contributed by atoms with Crippen LogP contribution in [-0.4, -0.2) is 56.9 Å². The van der Waals surface area contributed by atoms with Crippen LogP contribution in [0.1, 0.15) is 12.0 Å². The van der Waals surface area contributed by atoms with Crippen LogP contribution < -0.4 is 5.32 Å². The molecule has 0 spiro atoms. The standard InChI is InChI=1S/C15H21ClN2O3S/c1-18(14-6-8-22(20,21)11-14)10-15(19)17-7-5-12-3-2-4-13(16)9-12/h2-4,9,14H,5-8,10-11H2,1H3,(H,17,19). The second-order valence-electron chi connectivity index (χ2n) is 5.70. The topological polar surface area (TPSA) is 66.5 Å². The fourth-order valence-electron chi connectivity index (χ4n) is 2.57. The zero-order valence-electron chi connectivity index (χ0n) is 12.6. The van der Waals surface area contributed by atoms with Crippen LogP contribution in [0.15, 0.2) is 24.3 Å². The fourth-order valence-corrected chi connectivity index (χ4v) is 4.59.